The molecular formula is C12H15BrO2S. The van der Waals surface area contributed by atoms with Gasteiger partial charge in [0.25, 0.3) is 0 Å². The molecule has 0 N–H and O–H groups in total. The third-order valence-corrected chi connectivity index (χ3v) is 3.37. The molecular weight excluding hydrogens is 288 g/mol. The van der Waals surface area contributed by atoms with Crippen molar-refractivity contribution in [2.45, 2.75) is 31.8 Å². The van der Waals surface area contributed by atoms with Crippen LogP contribution in [0.25, 0.3) is 0 Å². The Morgan fingerprint density at radius 2 is 2.00 bits per heavy atom. The molecule has 0 heterocycles. The van der Waals surface area contributed by atoms with E-state index in [-0.39, 0.29) is 12.1 Å². The maximum Gasteiger partial charge on any atom is 0.339 e. The van der Waals surface area contributed by atoms with E-state index in [1.807, 2.05) is 26.8 Å². The minimum atomic E-state index is -0.316. The van der Waals surface area contributed by atoms with Gasteiger partial charge in [0.05, 0.1) is 5.56 Å². The van der Waals surface area contributed by atoms with Crippen LogP contribution in [0.15, 0.2) is 27.6 Å². The largest absolute Gasteiger partial charge is 0.459 e. The standard InChI is InChI=1S/C12H15BrO2S/c1-7(2)8(3)15-12(14)10-6-9(16)4-5-11(10)13/h4-8,16H,1-3H3. The van der Waals surface area contributed by atoms with Crippen molar-refractivity contribution in [1.82, 2.24) is 0 Å². The van der Waals surface area contributed by atoms with Crippen LogP contribution in [0.1, 0.15) is 31.1 Å². The quantitative estimate of drug-likeness (QED) is 0.676. The first kappa shape index (κ1) is 13.6. The highest BCUT2D eigenvalue weighted by Gasteiger charge is 2.17. The van der Waals surface area contributed by atoms with Gasteiger partial charge in [0.15, 0.2) is 0 Å². The maximum atomic E-state index is 11.8. The van der Waals surface area contributed by atoms with Crippen molar-refractivity contribution in [2.24, 2.45) is 5.92 Å². The van der Waals surface area contributed by atoms with E-state index in [9.17, 15) is 4.79 Å². The number of rotatable bonds is 3. The Morgan fingerprint density at radius 1 is 1.38 bits per heavy atom. The molecule has 0 spiro atoms. The highest BCUT2D eigenvalue weighted by molar-refractivity contribution is 9.10. The molecule has 0 fully saturated rings. The fourth-order valence-corrected chi connectivity index (χ4v) is 1.65. The molecule has 1 rings (SSSR count). The van der Waals surface area contributed by atoms with Gasteiger partial charge in [-0.3, -0.25) is 0 Å². The second kappa shape index (κ2) is 5.73. The molecule has 88 valence electrons. The Balaban J connectivity index is 2.84. The van der Waals surface area contributed by atoms with Gasteiger partial charge in [-0.05, 0) is 47.0 Å². The lowest BCUT2D eigenvalue weighted by molar-refractivity contribution is 0.0236. The van der Waals surface area contributed by atoms with Crippen molar-refractivity contribution in [3.63, 3.8) is 0 Å². The molecule has 1 aromatic carbocycles. The number of carbonyl (C=O) groups is 1. The summed E-state index contributed by atoms with van der Waals surface area (Å²) in [4.78, 5) is 12.6. The fraction of sp³-hybridized carbons (Fsp3) is 0.417. The van der Waals surface area contributed by atoms with Crippen LogP contribution in [0, 0.1) is 5.92 Å². The lowest BCUT2D eigenvalue weighted by Crippen LogP contribution is -2.20. The second-order valence-corrected chi connectivity index (χ2v) is 5.39. The third kappa shape index (κ3) is 3.52. The summed E-state index contributed by atoms with van der Waals surface area (Å²) in [5.74, 6) is -0.00844. The molecule has 0 bridgehead atoms. The van der Waals surface area contributed by atoms with E-state index in [0.717, 1.165) is 9.37 Å². The van der Waals surface area contributed by atoms with Crippen LogP contribution in [0.5, 0.6) is 0 Å². The third-order valence-electron chi connectivity index (χ3n) is 2.40. The maximum absolute atomic E-state index is 11.8. The lowest BCUT2D eigenvalue weighted by atomic mass is 10.1. The summed E-state index contributed by atoms with van der Waals surface area (Å²) in [7, 11) is 0. The number of hydrogen-bond acceptors (Lipinski definition) is 3. The highest BCUT2D eigenvalue weighted by atomic mass is 79.9. The predicted octanol–water partition coefficient (Wildman–Crippen LogP) is 3.94. The van der Waals surface area contributed by atoms with Gasteiger partial charge in [0, 0.05) is 9.37 Å². The predicted molar refractivity (Wildman–Crippen MR) is 71.1 cm³/mol. The number of ether oxygens (including phenoxy) is 1. The molecule has 1 atom stereocenters. The molecule has 0 radical (unpaired) electrons. The van der Waals surface area contributed by atoms with Crippen molar-refractivity contribution in [1.29, 1.82) is 0 Å². The topological polar surface area (TPSA) is 26.3 Å². The van der Waals surface area contributed by atoms with Crippen molar-refractivity contribution in [2.75, 3.05) is 0 Å². The molecule has 0 saturated carbocycles. The lowest BCUT2D eigenvalue weighted by Gasteiger charge is -2.17. The normalized spacial score (nSPS) is 12.6. The zero-order valence-electron chi connectivity index (χ0n) is 9.53. The summed E-state index contributed by atoms with van der Waals surface area (Å²) in [5.41, 5.74) is 0.514. The minimum absolute atomic E-state index is 0.0945. The molecule has 0 aliphatic rings. The Hall–Kier alpha value is -0.480. The Kier molecular flexibility index (Phi) is 4.87. The Morgan fingerprint density at radius 3 is 2.56 bits per heavy atom. The minimum Gasteiger partial charge on any atom is -0.459 e. The van der Waals surface area contributed by atoms with Gasteiger partial charge >= 0.3 is 5.97 Å². The van der Waals surface area contributed by atoms with Crippen molar-refractivity contribution in [3.05, 3.63) is 28.2 Å². The monoisotopic (exact) mass is 302 g/mol. The average Bonchev–Trinajstić information content (AvgIpc) is 2.21. The highest BCUT2D eigenvalue weighted by Crippen LogP contribution is 2.22. The van der Waals surface area contributed by atoms with Gasteiger partial charge in [-0.25, -0.2) is 4.79 Å². The van der Waals surface area contributed by atoms with Crippen LogP contribution in [0.4, 0.5) is 0 Å². The van der Waals surface area contributed by atoms with E-state index >= 15 is 0 Å². The van der Waals surface area contributed by atoms with E-state index in [1.165, 1.54) is 0 Å². The Labute approximate surface area is 110 Å². The fourth-order valence-electron chi connectivity index (χ4n) is 1.04. The van der Waals surface area contributed by atoms with Gasteiger partial charge in [-0.1, -0.05) is 13.8 Å². The van der Waals surface area contributed by atoms with E-state index < -0.39 is 0 Å². The van der Waals surface area contributed by atoms with Gasteiger partial charge in [0.1, 0.15) is 6.10 Å². The summed E-state index contributed by atoms with van der Waals surface area (Å²) >= 11 is 7.52. The van der Waals surface area contributed by atoms with Gasteiger partial charge in [-0.2, -0.15) is 0 Å². The molecule has 4 heteroatoms. The molecule has 1 unspecified atom stereocenters. The number of thiol groups is 1. The Bertz CT molecular complexity index is 391. The summed E-state index contributed by atoms with van der Waals surface area (Å²) in [6.45, 7) is 5.92. The first-order chi connectivity index (χ1) is 7.41. The summed E-state index contributed by atoms with van der Waals surface area (Å²) < 4.78 is 6.06. The second-order valence-electron chi connectivity index (χ2n) is 4.02. The number of esters is 1. The van der Waals surface area contributed by atoms with Gasteiger partial charge in [0.2, 0.25) is 0 Å². The molecule has 16 heavy (non-hydrogen) atoms. The molecule has 0 amide bonds. The van der Waals surface area contributed by atoms with Crippen LogP contribution < -0.4 is 0 Å². The zero-order valence-corrected chi connectivity index (χ0v) is 12.0. The molecule has 0 aliphatic carbocycles. The molecule has 1 aromatic rings. The van der Waals surface area contributed by atoms with E-state index in [2.05, 4.69) is 28.6 Å². The van der Waals surface area contributed by atoms with Crippen LogP contribution in [-0.2, 0) is 4.74 Å². The summed E-state index contributed by atoms with van der Waals surface area (Å²) in [5, 5.41) is 0. The SMILES string of the molecule is CC(C)C(C)OC(=O)c1cc(S)ccc1Br. The van der Waals surface area contributed by atoms with Crippen LogP contribution in [0.3, 0.4) is 0 Å². The first-order valence-electron chi connectivity index (χ1n) is 5.11. The summed E-state index contributed by atoms with van der Waals surface area (Å²) in [6.07, 6.45) is -0.0945. The zero-order chi connectivity index (χ0) is 12.3. The summed E-state index contributed by atoms with van der Waals surface area (Å²) in [6, 6.07) is 5.30. The molecule has 0 aromatic heterocycles. The van der Waals surface area contributed by atoms with Crippen molar-refractivity contribution < 1.29 is 9.53 Å². The van der Waals surface area contributed by atoms with Crippen LogP contribution in [0.2, 0.25) is 0 Å². The van der Waals surface area contributed by atoms with Crippen molar-refractivity contribution in [3.8, 4) is 0 Å². The van der Waals surface area contributed by atoms with Crippen LogP contribution >= 0.6 is 28.6 Å². The molecule has 0 aliphatic heterocycles. The first-order valence-corrected chi connectivity index (χ1v) is 6.35. The van der Waals surface area contributed by atoms with Crippen molar-refractivity contribution >= 4 is 34.5 Å². The van der Waals surface area contributed by atoms with E-state index in [1.54, 1.807) is 12.1 Å². The van der Waals surface area contributed by atoms with E-state index in [4.69, 9.17) is 4.74 Å². The number of benzene rings is 1. The smallest absolute Gasteiger partial charge is 0.339 e. The van der Waals surface area contributed by atoms with Gasteiger partial charge in [-0.15, -0.1) is 12.6 Å². The number of carbonyl (C=O) groups excluding carboxylic acids is 1. The number of hydrogen-bond donors (Lipinski definition) is 1. The molecule has 0 saturated heterocycles. The van der Waals surface area contributed by atoms with E-state index in [0.29, 0.717) is 11.5 Å². The molecule has 2 nitrogen and oxygen atoms in total. The number of halogens is 1. The average molecular weight is 303 g/mol. The van der Waals surface area contributed by atoms with Gasteiger partial charge < -0.3 is 4.74 Å². The van der Waals surface area contributed by atoms with Crippen LogP contribution in [-0.4, -0.2) is 12.1 Å².